The fourth-order valence-corrected chi connectivity index (χ4v) is 1.59. The normalized spacial score (nSPS) is 10.6. The zero-order valence-corrected chi connectivity index (χ0v) is 9.98. The highest BCUT2D eigenvalue weighted by atomic mass is 16.5. The van der Waals surface area contributed by atoms with Crippen molar-refractivity contribution in [2.45, 2.75) is 13.8 Å². The lowest BCUT2D eigenvalue weighted by Gasteiger charge is -2.06. The van der Waals surface area contributed by atoms with Gasteiger partial charge in [-0.25, -0.2) is 9.78 Å². The fourth-order valence-electron chi connectivity index (χ4n) is 1.59. The number of H-pyrrole nitrogens is 1. The van der Waals surface area contributed by atoms with Gasteiger partial charge in [-0.2, -0.15) is 4.98 Å². The monoisotopic (exact) mass is 248 g/mol. The molecule has 0 saturated heterocycles. The van der Waals surface area contributed by atoms with Crippen molar-refractivity contribution in [1.29, 1.82) is 0 Å². The molecule has 0 aliphatic rings. The molecule has 2 aromatic rings. The smallest absolute Gasteiger partial charge is 0.355 e. The van der Waals surface area contributed by atoms with Gasteiger partial charge in [-0.3, -0.25) is 4.79 Å². The van der Waals surface area contributed by atoms with Crippen molar-refractivity contribution in [1.82, 2.24) is 15.0 Å². The zero-order valence-electron chi connectivity index (χ0n) is 9.98. The minimum Gasteiger partial charge on any atom is -0.461 e. The first-order valence-corrected chi connectivity index (χ1v) is 5.36. The van der Waals surface area contributed by atoms with Crippen molar-refractivity contribution < 1.29 is 9.53 Å². The van der Waals surface area contributed by atoms with Crippen LogP contribution in [0.5, 0.6) is 0 Å². The summed E-state index contributed by atoms with van der Waals surface area (Å²) in [5, 5.41) is 0.287. The summed E-state index contributed by atoms with van der Waals surface area (Å²) >= 11 is 0. The number of nitrogens with two attached hydrogens (primary N) is 1. The molecule has 0 saturated carbocycles. The first-order chi connectivity index (χ1) is 8.54. The quantitative estimate of drug-likeness (QED) is 0.743. The number of aromatic nitrogens is 3. The molecule has 2 aromatic heterocycles. The number of hydrogen-bond donors (Lipinski definition) is 2. The number of hydrogen-bond acceptors (Lipinski definition) is 6. The Morgan fingerprint density at radius 1 is 1.56 bits per heavy atom. The SMILES string of the molecule is CCOC(=O)c1[nH]c2nc(N)ncc2c(=O)c1C. The second kappa shape index (κ2) is 4.44. The van der Waals surface area contributed by atoms with Gasteiger partial charge < -0.3 is 15.5 Å². The molecular weight excluding hydrogens is 236 g/mol. The predicted octanol–water partition coefficient (Wildman–Crippen LogP) is 0.385. The lowest BCUT2D eigenvalue weighted by Crippen LogP contribution is -2.18. The van der Waals surface area contributed by atoms with Crippen LogP contribution in [0.15, 0.2) is 11.0 Å². The Hall–Kier alpha value is -2.44. The van der Waals surface area contributed by atoms with Crippen LogP contribution in [0.25, 0.3) is 11.0 Å². The highest BCUT2D eigenvalue weighted by molar-refractivity contribution is 5.91. The number of aromatic amines is 1. The Bertz CT molecular complexity index is 678. The van der Waals surface area contributed by atoms with Gasteiger partial charge in [-0.1, -0.05) is 0 Å². The summed E-state index contributed by atoms with van der Waals surface area (Å²) in [6.45, 7) is 3.46. The standard InChI is InChI=1S/C11H12N4O3/c1-3-18-10(17)7-5(2)8(16)6-4-13-11(12)15-9(6)14-7/h4H,3H2,1-2H3,(H3,12,13,14,15,16). The molecule has 7 heteroatoms. The third-order valence-electron chi connectivity index (χ3n) is 2.49. The second-order valence-electron chi connectivity index (χ2n) is 3.67. The molecule has 2 rings (SSSR count). The number of fused-ring (bicyclic) bond motifs is 1. The molecule has 7 nitrogen and oxygen atoms in total. The molecule has 0 spiro atoms. The van der Waals surface area contributed by atoms with Crippen LogP contribution < -0.4 is 11.2 Å². The summed E-state index contributed by atoms with van der Waals surface area (Å²) in [4.78, 5) is 34.1. The highest BCUT2D eigenvalue weighted by Gasteiger charge is 2.16. The van der Waals surface area contributed by atoms with Crippen LogP contribution in [0.2, 0.25) is 0 Å². The molecule has 0 amide bonds. The average molecular weight is 248 g/mol. The molecule has 0 fully saturated rings. The van der Waals surface area contributed by atoms with Crippen LogP contribution in [0, 0.1) is 6.92 Å². The van der Waals surface area contributed by atoms with Crippen LogP contribution in [-0.4, -0.2) is 27.5 Å². The number of nitrogens with zero attached hydrogens (tertiary/aromatic N) is 2. The van der Waals surface area contributed by atoms with Crippen molar-refractivity contribution in [3.63, 3.8) is 0 Å². The van der Waals surface area contributed by atoms with Gasteiger partial charge in [0.2, 0.25) is 5.95 Å². The van der Waals surface area contributed by atoms with E-state index in [-0.39, 0.29) is 40.3 Å². The number of rotatable bonds is 2. The van der Waals surface area contributed by atoms with E-state index in [4.69, 9.17) is 10.5 Å². The van der Waals surface area contributed by atoms with Crippen molar-refractivity contribution in [3.8, 4) is 0 Å². The van der Waals surface area contributed by atoms with Gasteiger partial charge in [0.15, 0.2) is 5.43 Å². The zero-order chi connectivity index (χ0) is 13.3. The third-order valence-corrected chi connectivity index (χ3v) is 2.49. The Morgan fingerprint density at radius 3 is 2.94 bits per heavy atom. The maximum atomic E-state index is 12.0. The van der Waals surface area contributed by atoms with Gasteiger partial charge in [-0.05, 0) is 13.8 Å². The molecule has 2 heterocycles. The number of ether oxygens (including phenoxy) is 1. The maximum Gasteiger partial charge on any atom is 0.355 e. The molecule has 0 bridgehead atoms. The van der Waals surface area contributed by atoms with E-state index in [2.05, 4.69) is 15.0 Å². The summed E-state index contributed by atoms with van der Waals surface area (Å²) in [7, 11) is 0. The summed E-state index contributed by atoms with van der Waals surface area (Å²) in [5.74, 6) is -0.567. The van der Waals surface area contributed by atoms with Crippen molar-refractivity contribution in [3.05, 3.63) is 27.7 Å². The van der Waals surface area contributed by atoms with E-state index < -0.39 is 5.97 Å². The number of anilines is 1. The van der Waals surface area contributed by atoms with Crippen LogP contribution in [0.4, 0.5) is 5.95 Å². The minimum absolute atomic E-state index is 0.0248. The number of nitrogens with one attached hydrogen (secondary N) is 1. The molecule has 0 aliphatic carbocycles. The number of carbonyl (C=O) groups excluding carboxylic acids is 1. The van der Waals surface area contributed by atoms with Crippen molar-refractivity contribution in [2.24, 2.45) is 0 Å². The first-order valence-electron chi connectivity index (χ1n) is 5.36. The lowest BCUT2D eigenvalue weighted by atomic mass is 10.1. The number of nitrogen functional groups attached to an aromatic ring is 1. The van der Waals surface area contributed by atoms with Crippen molar-refractivity contribution >= 4 is 23.0 Å². The van der Waals surface area contributed by atoms with E-state index in [1.165, 1.54) is 6.20 Å². The molecule has 0 radical (unpaired) electrons. The van der Waals surface area contributed by atoms with Crippen LogP contribution in [-0.2, 0) is 4.74 Å². The molecule has 0 unspecified atom stereocenters. The molecule has 0 aromatic carbocycles. The minimum atomic E-state index is -0.591. The van der Waals surface area contributed by atoms with Crippen LogP contribution >= 0.6 is 0 Å². The van der Waals surface area contributed by atoms with Crippen LogP contribution in [0.3, 0.4) is 0 Å². The number of esters is 1. The summed E-state index contributed by atoms with van der Waals surface area (Å²) in [6.07, 6.45) is 1.33. The van der Waals surface area contributed by atoms with E-state index in [9.17, 15) is 9.59 Å². The average Bonchev–Trinajstić information content (AvgIpc) is 2.33. The van der Waals surface area contributed by atoms with E-state index in [0.29, 0.717) is 0 Å². The van der Waals surface area contributed by atoms with Gasteiger partial charge in [0.1, 0.15) is 11.3 Å². The number of pyridine rings is 1. The Balaban J connectivity index is 2.73. The van der Waals surface area contributed by atoms with E-state index in [0.717, 1.165) is 0 Å². The predicted molar refractivity (Wildman–Crippen MR) is 65.3 cm³/mol. The molecule has 0 atom stereocenters. The van der Waals surface area contributed by atoms with E-state index in [1.54, 1.807) is 13.8 Å². The molecular formula is C11H12N4O3. The molecule has 94 valence electrons. The largest absolute Gasteiger partial charge is 0.461 e. The summed E-state index contributed by atoms with van der Waals surface area (Å²) in [6, 6.07) is 0. The van der Waals surface area contributed by atoms with Crippen LogP contribution in [0.1, 0.15) is 23.0 Å². The summed E-state index contributed by atoms with van der Waals surface area (Å²) in [5.41, 5.74) is 5.71. The molecule has 0 aliphatic heterocycles. The van der Waals surface area contributed by atoms with E-state index >= 15 is 0 Å². The van der Waals surface area contributed by atoms with Gasteiger partial charge in [-0.15, -0.1) is 0 Å². The van der Waals surface area contributed by atoms with Crippen molar-refractivity contribution in [2.75, 3.05) is 12.3 Å². The first kappa shape index (κ1) is 12.0. The second-order valence-corrected chi connectivity index (χ2v) is 3.67. The topological polar surface area (TPSA) is 111 Å². The number of carbonyl (C=O) groups is 1. The fraction of sp³-hybridized carbons (Fsp3) is 0.273. The summed E-state index contributed by atoms with van der Waals surface area (Å²) < 4.78 is 4.86. The Kier molecular flexibility index (Phi) is 2.97. The van der Waals surface area contributed by atoms with Gasteiger partial charge >= 0.3 is 5.97 Å². The highest BCUT2D eigenvalue weighted by Crippen LogP contribution is 2.10. The Labute approximate surface area is 102 Å². The van der Waals surface area contributed by atoms with E-state index in [1.807, 2.05) is 0 Å². The molecule has 18 heavy (non-hydrogen) atoms. The Morgan fingerprint density at radius 2 is 2.28 bits per heavy atom. The third kappa shape index (κ3) is 1.90. The van der Waals surface area contributed by atoms with Gasteiger partial charge in [0.25, 0.3) is 0 Å². The lowest BCUT2D eigenvalue weighted by molar-refractivity contribution is 0.0519. The maximum absolute atomic E-state index is 12.0. The van der Waals surface area contributed by atoms with Gasteiger partial charge in [0, 0.05) is 11.8 Å². The van der Waals surface area contributed by atoms with Gasteiger partial charge in [0.05, 0.1) is 12.0 Å². The molecule has 3 N–H and O–H groups in total.